The number of ether oxygens (including phenoxy) is 1. The first-order chi connectivity index (χ1) is 17.3. The number of carbonyl (C=O) groups excluding carboxylic acids is 2. The van der Waals surface area contributed by atoms with E-state index >= 15 is 0 Å². The van der Waals surface area contributed by atoms with Gasteiger partial charge < -0.3 is 14.7 Å². The largest absolute Gasteiger partial charge is 0.507 e. The third kappa shape index (κ3) is 4.22. The fourth-order valence-electron chi connectivity index (χ4n) is 4.85. The Labute approximate surface area is 207 Å². The van der Waals surface area contributed by atoms with Crippen molar-refractivity contribution in [1.29, 1.82) is 0 Å². The molecular formula is C28H24N2O6. The smallest absolute Gasteiger partial charge is 0.295 e. The van der Waals surface area contributed by atoms with Crippen LogP contribution in [0.15, 0.2) is 78.4 Å². The lowest BCUT2D eigenvalue weighted by atomic mass is 9.94. The van der Waals surface area contributed by atoms with Crippen molar-refractivity contribution in [3.05, 3.63) is 111 Å². The summed E-state index contributed by atoms with van der Waals surface area (Å²) in [6.07, 6.45) is 1.19. The van der Waals surface area contributed by atoms with Crippen molar-refractivity contribution >= 4 is 23.1 Å². The zero-order valence-corrected chi connectivity index (χ0v) is 19.6. The Balaban J connectivity index is 1.57. The van der Waals surface area contributed by atoms with Crippen LogP contribution in [0.2, 0.25) is 0 Å². The molecule has 36 heavy (non-hydrogen) atoms. The molecule has 1 saturated heterocycles. The molecule has 0 spiro atoms. The molecule has 0 aliphatic carbocycles. The summed E-state index contributed by atoms with van der Waals surface area (Å²) in [4.78, 5) is 38.5. The molecule has 5 rings (SSSR count). The highest BCUT2D eigenvalue weighted by Crippen LogP contribution is 2.41. The van der Waals surface area contributed by atoms with E-state index in [1.54, 1.807) is 18.2 Å². The maximum absolute atomic E-state index is 13.2. The number of rotatable bonds is 6. The number of nitrogens with zero attached hydrogens (tertiary/aromatic N) is 2. The Morgan fingerprint density at radius 2 is 1.81 bits per heavy atom. The maximum atomic E-state index is 13.2. The summed E-state index contributed by atoms with van der Waals surface area (Å²) in [6.45, 7) is 2.19. The van der Waals surface area contributed by atoms with Crippen LogP contribution in [0, 0.1) is 10.1 Å². The van der Waals surface area contributed by atoms with E-state index in [4.69, 9.17) is 4.74 Å². The van der Waals surface area contributed by atoms with E-state index in [9.17, 15) is 24.8 Å². The standard InChI is InChI=1S/C28H24N2O6/c1-17-15-21-16-20(9-12-23(21)36-17)26(31)24-25(19-7-10-22(11-8-19)30(34)35)29(28(33)27(24)32)14-13-18-5-3-2-4-6-18/h2-12,16-17,25,31H,13-15H2,1H3/b26-24+/t17-,25-/m1/s1. The van der Waals surface area contributed by atoms with E-state index in [2.05, 4.69) is 0 Å². The number of aliphatic hydroxyl groups excluding tert-OH is 1. The van der Waals surface area contributed by atoms with Crippen LogP contribution < -0.4 is 4.74 Å². The minimum Gasteiger partial charge on any atom is -0.507 e. The molecule has 3 aromatic carbocycles. The quantitative estimate of drug-likeness (QED) is 0.180. The van der Waals surface area contributed by atoms with Crippen LogP contribution in [0.5, 0.6) is 5.75 Å². The second-order valence-corrected chi connectivity index (χ2v) is 9.03. The van der Waals surface area contributed by atoms with Crippen molar-refractivity contribution in [2.45, 2.75) is 31.9 Å². The summed E-state index contributed by atoms with van der Waals surface area (Å²) in [5, 5.41) is 22.5. The summed E-state index contributed by atoms with van der Waals surface area (Å²) in [5.41, 5.74) is 2.69. The maximum Gasteiger partial charge on any atom is 0.295 e. The number of likely N-dealkylation sites (tertiary alicyclic amines) is 1. The molecule has 0 unspecified atom stereocenters. The molecule has 182 valence electrons. The third-order valence-corrected chi connectivity index (χ3v) is 6.61. The molecule has 0 radical (unpaired) electrons. The fraction of sp³-hybridized carbons (Fsp3) is 0.214. The zero-order chi connectivity index (χ0) is 25.4. The molecular weight excluding hydrogens is 460 g/mol. The summed E-state index contributed by atoms with van der Waals surface area (Å²) >= 11 is 0. The average Bonchev–Trinajstić information content (AvgIpc) is 3.38. The van der Waals surface area contributed by atoms with Gasteiger partial charge in [-0.25, -0.2) is 0 Å². The first-order valence-corrected chi connectivity index (χ1v) is 11.7. The van der Waals surface area contributed by atoms with Gasteiger partial charge in [-0.15, -0.1) is 0 Å². The number of fused-ring (bicyclic) bond motifs is 1. The number of benzene rings is 3. The molecule has 2 heterocycles. The molecule has 2 aliphatic rings. The minimum absolute atomic E-state index is 0.0149. The molecule has 2 atom stereocenters. The second kappa shape index (κ2) is 9.30. The first kappa shape index (κ1) is 23.3. The van der Waals surface area contributed by atoms with Crippen LogP contribution in [-0.4, -0.2) is 39.3 Å². The van der Waals surface area contributed by atoms with E-state index in [-0.39, 0.29) is 29.7 Å². The molecule has 0 bridgehead atoms. The Hall–Kier alpha value is -4.46. The summed E-state index contributed by atoms with van der Waals surface area (Å²) in [5.74, 6) is -1.04. The van der Waals surface area contributed by atoms with E-state index in [1.165, 1.54) is 29.2 Å². The first-order valence-electron chi connectivity index (χ1n) is 11.7. The van der Waals surface area contributed by atoms with Crippen molar-refractivity contribution in [3.8, 4) is 5.75 Å². The number of amides is 1. The Kier molecular flexibility index (Phi) is 6.01. The van der Waals surface area contributed by atoms with E-state index in [1.807, 2.05) is 37.3 Å². The van der Waals surface area contributed by atoms with Crippen LogP contribution in [0.1, 0.15) is 35.2 Å². The molecule has 2 aliphatic heterocycles. The van der Waals surface area contributed by atoms with Crippen LogP contribution in [0.4, 0.5) is 5.69 Å². The molecule has 0 saturated carbocycles. The average molecular weight is 485 g/mol. The number of carbonyl (C=O) groups is 2. The lowest BCUT2D eigenvalue weighted by molar-refractivity contribution is -0.384. The van der Waals surface area contributed by atoms with Crippen LogP contribution >= 0.6 is 0 Å². The van der Waals surface area contributed by atoms with Crippen LogP contribution in [-0.2, 0) is 22.4 Å². The summed E-state index contributed by atoms with van der Waals surface area (Å²) in [7, 11) is 0. The Morgan fingerprint density at radius 3 is 2.50 bits per heavy atom. The predicted octanol–water partition coefficient (Wildman–Crippen LogP) is 4.58. The second-order valence-electron chi connectivity index (χ2n) is 9.03. The van der Waals surface area contributed by atoms with E-state index in [0.29, 0.717) is 24.0 Å². The fourth-order valence-corrected chi connectivity index (χ4v) is 4.85. The normalized spacial score (nSPS) is 20.3. The number of hydrogen-bond acceptors (Lipinski definition) is 6. The van der Waals surface area contributed by atoms with Crippen molar-refractivity contribution < 1.29 is 24.4 Å². The SMILES string of the molecule is C[C@@H]1Cc2cc(/C(O)=C3\C(=O)C(=O)N(CCc4ccccc4)[C@@H]3c3ccc([N+](=O)[O-])cc3)ccc2O1. The lowest BCUT2D eigenvalue weighted by Gasteiger charge is -2.25. The Bertz CT molecular complexity index is 1380. The molecule has 3 aromatic rings. The van der Waals surface area contributed by atoms with E-state index < -0.39 is 22.7 Å². The van der Waals surface area contributed by atoms with Gasteiger partial charge in [-0.2, -0.15) is 0 Å². The molecule has 1 fully saturated rings. The lowest BCUT2D eigenvalue weighted by Crippen LogP contribution is -2.31. The monoisotopic (exact) mass is 484 g/mol. The molecule has 8 nitrogen and oxygen atoms in total. The van der Waals surface area contributed by atoms with Gasteiger partial charge in [0.05, 0.1) is 16.5 Å². The zero-order valence-electron chi connectivity index (χ0n) is 19.6. The predicted molar refractivity (Wildman–Crippen MR) is 132 cm³/mol. The number of Topliss-reactive ketones (excluding diaryl/α,β-unsaturated/α-hetero) is 1. The molecule has 1 N–H and O–H groups in total. The summed E-state index contributed by atoms with van der Waals surface area (Å²) in [6, 6.07) is 19.6. The van der Waals surface area contributed by atoms with Gasteiger partial charge in [0.25, 0.3) is 17.4 Å². The number of nitro benzene ring substituents is 1. The highest BCUT2D eigenvalue weighted by molar-refractivity contribution is 6.46. The number of hydrogen-bond donors (Lipinski definition) is 1. The van der Waals surface area contributed by atoms with Gasteiger partial charge in [-0.3, -0.25) is 19.7 Å². The van der Waals surface area contributed by atoms with Crippen molar-refractivity contribution in [3.63, 3.8) is 0 Å². The third-order valence-electron chi connectivity index (χ3n) is 6.61. The van der Waals surface area contributed by atoms with Crippen molar-refractivity contribution in [1.82, 2.24) is 4.90 Å². The van der Waals surface area contributed by atoms with Gasteiger partial charge in [0.15, 0.2) is 0 Å². The molecule has 0 aromatic heterocycles. The molecule has 1 amide bonds. The summed E-state index contributed by atoms with van der Waals surface area (Å²) < 4.78 is 5.74. The number of non-ortho nitro benzene ring substituents is 1. The number of aliphatic hydroxyl groups is 1. The van der Waals surface area contributed by atoms with Gasteiger partial charge in [-0.1, -0.05) is 30.3 Å². The highest BCUT2D eigenvalue weighted by Gasteiger charge is 2.46. The van der Waals surface area contributed by atoms with Gasteiger partial charge in [0.1, 0.15) is 17.6 Å². The molecule has 8 heteroatoms. The van der Waals surface area contributed by atoms with Crippen molar-refractivity contribution in [2.75, 3.05) is 6.54 Å². The Morgan fingerprint density at radius 1 is 1.08 bits per heavy atom. The van der Waals surface area contributed by atoms with Crippen LogP contribution in [0.3, 0.4) is 0 Å². The van der Waals surface area contributed by atoms with Gasteiger partial charge in [-0.05, 0) is 60.4 Å². The number of ketones is 1. The van der Waals surface area contributed by atoms with Gasteiger partial charge in [0, 0.05) is 30.7 Å². The van der Waals surface area contributed by atoms with Crippen molar-refractivity contribution in [2.24, 2.45) is 0 Å². The minimum atomic E-state index is -0.877. The highest BCUT2D eigenvalue weighted by atomic mass is 16.6. The van der Waals surface area contributed by atoms with E-state index in [0.717, 1.165) is 16.9 Å². The van der Waals surface area contributed by atoms with Gasteiger partial charge in [0.2, 0.25) is 0 Å². The number of nitro groups is 1. The van der Waals surface area contributed by atoms with Gasteiger partial charge >= 0.3 is 0 Å². The topological polar surface area (TPSA) is 110 Å². The van der Waals surface area contributed by atoms with Crippen LogP contribution in [0.25, 0.3) is 5.76 Å².